The summed E-state index contributed by atoms with van der Waals surface area (Å²) in [5.41, 5.74) is 0.368. The highest BCUT2D eigenvalue weighted by molar-refractivity contribution is 4.95. The second-order valence-corrected chi connectivity index (χ2v) is 8.64. The van der Waals surface area contributed by atoms with Gasteiger partial charge in [-0.05, 0) is 30.1 Å². The van der Waals surface area contributed by atoms with Crippen LogP contribution in [0.5, 0.6) is 0 Å². The molecular weight excluding hydrogens is 244 g/mol. The zero-order valence-corrected chi connectivity index (χ0v) is 14.4. The first kappa shape index (κ1) is 16.3. The summed E-state index contributed by atoms with van der Waals surface area (Å²) in [5, 5.41) is 3.87. The maximum Gasteiger partial charge on any atom is 0.0249 e. The van der Waals surface area contributed by atoms with E-state index < -0.39 is 0 Å². The van der Waals surface area contributed by atoms with E-state index in [1.807, 2.05) is 0 Å². The van der Waals surface area contributed by atoms with Gasteiger partial charge in [-0.3, -0.25) is 4.90 Å². The first-order valence-electron chi connectivity index (χ1n) is 8.85. The molecule has 2 aliphatic rings. The fourth-order valence-electron chi connectivity index (χ4n) is 4.07. The van der Waals surface area contributed by atoms with Crippen molar-refractivity contribution < 1.29 is 0 Å². The van der Waals surface area contributed by atoms with Gasteiger partial charge >= 0.3 is 0 Å². The summed E-state index contributed by atoms with van der Waals surface area (Å²) in [4.78, 5) is 2.83. The Morgan fingerprint density at radius 3 is 2.30 bits per heavy atom. The molecule has 1 saturated heterocycles. The Morgan fingerprint density at radius 1 is 1.10 bits per heavy atom. The van der Waals surface area contributed by atoms with Gasteiger partial charge in [0.1, 0.15) is 0 Å². The molecule has 0 spiro atoms. The maximum absolute atomic E-state index is 3.87. The van der Waals surface area contributed by atoms with Crippen LogP contribution < -0.4 is 5.32 Å². The minimum atomic E-state index is 0.368. The first-order valence-corrected chi connectivity index (χ1v) is 8.85. The van der Waals surface area contributed by atoms with Gasteiger partial charge in [0.05, 0.1) is 0 Å². The predicted molar refractivity (Wildman–Crippen MR) is 88.0 cm³/mol. The molecule has 0 amide bonds. The summed E-state index contributed by atoms with van der Waals surface area (Å²) in [5.74, 6) is 1.72. The molecule has 20 heavy (non-hydrogen) atoms. The topological polar surface area (TPSA) is 15.3 Å². The number of hydrogen-bond donors (Lipinski definition) is 1. The van der Waals surface area contributed by atoms with Crippen LogP contribution >= 0.6 is 0 Å². The van der Waals surface area contributed by atoms with Crippen LogP contribution in [0.1, 0.15) is 66.7 Å². The Morgan fingerprint density at radius 2 is 1.75 bits per heavy atom. The number of rotatable bonds is 3. The minimum Gasteiger partial charge on any atom is -0.311 e. The van der Waals surface area contributed by atoms with Crippen molar-refractivity contribution in [3.63, 3.8) is 0 Å². The molecule has 1 N–H and O–H groups in total. The van der Waals surface area contributed by atoms with Crippen LogP contribution in [0.15, 0.2) is 0 Å². The van der Waals surface area contributed by atoms with E-state index in [2.05, 4.69) is 44.8 Å². The lowest BCUT2D eigenvalue weighted by Crippen LogP contribution is -2.62. The Labute approximate surface area is 126 Å². The summed E-state index contributed by atoms with van der Waals surface area (Å²) in [6.45, 7) is 15.6. The third kappa shape index (κ3) is 4.21. The normalized spacial score (nSPS) is 30.9. The molecule has 2 fully saturated rings. The molecule has 0 aromatic carbocycles. The maximum atomic E-state index is 3.87. The lowest BCUT2D eigenvalue weighted by atomic mass is 9.79. The zero-order chi connectivity index (χ0) is 14.8. The van der Waals surface area contributed by atoms with Crippen molar-refractivity contribution in [2.45, 2.75) is 78.8 Å². The monoisotopic (exact) mass is 280 g/mol. The highest BCUT2D eigenvalue weighted by Crippen LogP contribution is 2.32. The van der Waals surface area contributed by atoms with Crippen LogP contribution in [0.25, 0.3) is 0 Å². The fourth-order valence-corrected chi connectivity index (χ4v) is 4.07. The summed E-state index contributed by atoms with van der Waals surface area (Å²) in [6, 6.07) is 1.43. The van der Waals surface area contributed by atoms with Crippen LogP contribution in [-0.4, -0.2) is 36.6 Å². The number of nitrogens with one attached hydrogen (secondary N) is 1. The lowest BCUT2D eigenvalue weighted by Gasteiger charge is -2.48. The standard InChI is InChI=1S/C18H36N2/c1-14(2)12-20-13-17(18(3,4)5)19-11-16(20)15-9-7-6-8-10-15/h14-17,19H,6-13H2,1-5H3. The molecule has 118 valence electrons. The molecule has 2 atom stereocenters. The molecule has 1 saturated carbocycles. The van der Waals surface area contributed by atoms with Crippen LogP contribution in [0.2, 0.25) is 0 Å². The van der Waals surface area contributed by atoms with E-state index in [0.717, 1.165) is 17.9 Å². The molecule has 0 radical (unpaired) electrons. The van der Waals surface area contributed by atoms with E-state index in [1.54, 1.807) is 0 Å². The molecule has 2 heteroatoms. The third-order valence-corrected chi connectivity index (χ3v) is 5.30. The lowest BCUT2D eigenvalue weighted by molar-refractivity contribution is 0.0364. The highest BCUT2D eigenvalue weighted by Gasteiger charge is 2.37. The van der Waals surface area contributed by atoms with Crippen molar-refractivity contribution in [1.29, 1.82) is 0 Å². The van der Waals surface area contributed by atoms with Gasteiger partial charge in [0.25, 0.3) is 0 Å². The van der Waals surface area contributed by atoms with Crippen molar-refractivity contribution in [3.8, 4) is 0 Å². The first-order chi connectivity index (χ1) is 9.38. The van der Waals surface area contributed by atoms with Crippen LogP contribution in [-0.2, 0) is 0 Å². The van der Waals surface area contributed by atoms with Gasteiger partial charge in [-0.2, -0.15) is 0 Å². The van der Waals surface area contributed by atoms with Gasteiger partial charge < -0.3 is 5.32 Å². The van der Waals surface area contributed by atoms with Gasteiger partial charge in [-0.1, -0.05) is 53.9 Å². The molecule has 1 heterocycles. The van der Waals surface area contributed by atoms with Crippen LogP contribution in [0, 0.1) is 17.3 Å². The van der Waals surface area contributed by atoms with E-state index in [4.69, 9.17) is 0 Å². The molecule has 2 unspecified atom stereocenters. The largest absolute Gasteiger partial charge is 0.311 e. The molecule has 1 aliphatic heterocycles. The second kappa shape index (κ2) is 6.79. The third-order valence-electron chi connectivity index (χ3n) is 5.30. The summed E-state index contributed by atoms with van der Waals surface area (Å²) >= 11 is 0. The molecule has 0 aromatic heterocycles. The highest BCUT2D eigenvalue weighted by atomic mass is 15.2. The Balaban J connectivity index is 2.03. The van der Waals surface area contributed by atoms with Crippen LogP contribution in [0.3, 0.4) is 0 Å². The van der Waals surface area contributed by atoms with E-state index in [-0.39, 0.29) is 0 Å². The SMILES string of the molecule is CC(C)CN1CC(C(C)(C)C)NCC1C1CCCCC1. The van der Waals surface area contributed by atoms with Gasteiger partial charge in [0, 0.05) is 31.7 Å². The molecule has 2 rings (SSSR count). The molecule has 2 nitrogen and oxygen atoms in total. The molecule has 0 bridgehead atoms. The quantitative estimate of drug-likeness (QED) is 0.843. The van der Waals surface area contributed by atoms with E-state index in [0.29, 0.717) is 11.5 Å². The minimum absolute atomic E-state index is 0.368. The Bertz CT molecular complexity index is 286. The smallest absolute Gasteiger partial charge is 0.0249 e. The van der Waals surface area contributed by atoms with Gasteiger partial charge in [-0.15, -0.1) is 0 Å². The number of hydrogen-bond acceptors (Lipinski definition) is 2. The van der Waals surface area contributed by atoms with Crippen molar-refractivity contribution in [2.24, 2.45) is 17.3 Å². The molecular formula is C18H36N2. The van der Waals surface area contributed by atoms with E-state index >= 15 is 0 Å². The van der Waals surface area contributed by atoms with E-state index in [1.165, 1.54) is 51.7 Å². The fraction of sp³-hybridized carbons (Fsp3) is 1.00. The predicted octanol–water partition coefficient (Wildman–Crippen LogP) is 3.91. The average molecular weight is 280 g/mol. The number of piperazine rings is 1. The molecule has 0 aromatic rings. The number of nitrogens with zero attached hydrogens (tertiary/aromatic N) is 1. The van der Waals surface area contributed by atoms with Gasteiger partial charge in [-0.25, -0.2) is 0 Å². The summed E-state index contributed by atoms with van der Waals surface area (Å²) in [6.07, 6.45) is 7.30. The summed E-state index contributed by atoms with van der Waals surface area (Å²) < 4.78 is 0. The van der Waals surface area contributed by atoms with Crippen molar-refractivity contribution in [2.75, 3.05) is 19.6 Å². The average Bonchev–Trinajstić information content (AvgIpc) is 2.38. The van der Waals surface area contributed by atoms with Crippen molar-refractivity contribution in [1.82, 2.24) is 10.2 Å². The Kier molecular flexibility index (Phi) is 5.53. The Hall–Kier alpha value is -0.0800. The van der Waals surface area contributed by atoms with Gasteiger partial charge in [0.2, 0.25) is 0 Å². The second-order valence-electron chi connectivity index (χ2n) is 8.64. The van der Waals surface area contributed by atoms with Crippen LogP contribution in [0.4, 0.5) is 0 Å². The van der Waals surface area contributed by atoms with E-state index in [9.17, 15) is 0 Å². The van der Waals surface area contributed by atoms with Crippen molar-refractivity contribution >= 4 is 0 Å². The molecule has 1 aliphatic carbocycles. The summed E-state index contributed by atoms with van der Waals surface area (Å²) in [7, 11) is 0. The zero-order valence-electron chi connectivity index (χ0n) is 14.4. The van der Waals surface area contributed by atoms with Gasteiger partial charge in [0.15, 0.2) is 0 Å². The van der Waals surface area contributed by atoms with Crippen molar-refractivity contribution in [3.05, 3.63) is 0 Å².